The Hall–Kier alpha value is -0.610. The lowest BCUT2D eigenvalue weighted by molar-refractivity contribution is -0.122. The predicted octanol–water partition coefficient (Wildman–Crippen LogP) is 0.393. The van der Waals surface area contributed by atoms with E-state index in [-0.39, 0.29) is 18.6 Å². The summed E-state index contributed by atoms with van der Waals surface area (Å²) in [5.41, 5.74) is 5.33. The first-order valence-corrected chi connectivity index (χ1v) is 5.34. The molecular formula is C10H22N2O2. The number of aliphatic hydroxyl groups excluding tert-OH is 1. The van der Waals surface area contributed by atoms with E-state index in [0.717, 1.165) is 19.3 Å². The molecule has 0 aliphatic heterocycles. The minimum absolute atomic E-state index is 0.0683. The third kappa shape index (κ3) is 6.86. The third-order valence-corrected chi connectivity index (χ3v) is 2.19. The number of nitrogens with one attached hydrogen (secondary N) is 1. The summed E-state index contributed by atoms with van der Waals surface area (Å²) in [5, 5.41) is 11.6. The van der Waals surface area contributed by atoms with Gasteiger partial charge < -0.3 is 16.2 Å². The molecule has 4 N–H and O–H groups in total. The molecule has 0 aromatic heterocycles. The number of rotatable bonds is 8. The third-order valence-electron chi connectivity index (χ3n) is 2.19. The lowest BCUT2D eigenvalue weighted by Gasteiger charge is -2.15. The largest absolute Gasteiger partial charge is 0.396 e. The van der Waals surface area contributed by atoms with E-state index in [4.69, 9.17) is 10.8 Å². The molecule has 0 bridgehead atoms. The van der Waals surface area contributed by atoms with Gasteiger partial charge in [0.15, 0.2) is 0 Å². The van der Waals surface area contributed by atoms with Gasteiger partial charge in [0.25, 0.3) is 0 Å². The molecule has 4 heteroatoms. The number of amides is 1. The summed E-state index contributed by atoms with van der Waals surface area (Å²) in [6.45, 7) is 2.77. The van der Waals surface area contributed by atoms with Crippen molar-refractivity contribution in [1.29, 1.82) is 0 Å². The second kappa shape index (κ2) is 8.97. The summed E-state index contributed by atoms with van der Waals surface area (Å²) in [4.78, 5) is 11.3. The maximum atomic E-state index is 11.3. The quantitative estimate of drug-likeness (QED) is 0.498. The van der Waals surface area contributed by atoms with Crippen LogP contribution in [0, 0.1) is 0 Å². The van der Waals surface area contributed by atoms with Gasteiger partial charge in [-0.2, -0.15) is 0 Å². The molecule has 0 spiro atoms. The van der Waals surface area contributed by atoms with Crippen LogP contribution in [0.1, 0.15) is 39.0 Å². The Morgan fingerprint density at radius 2 is 2.21 bits per heavy atom. The highest BCUT2D eigenvalue weighted by molar-refractivity contribution is 5.76. The van der Waals surface area contributed by atoms with Crippen molar-refractivity contribution in [2.75, 3.05) is 13.2 Å². The van der Waals surface area contributed by atoms with Crippen LogP contribution in [0.4, 0.5) is 0 Å². The van der Waals surface area contributed by atoms with E-state index < -0.39 is 0 Å². The van der Waals surface area contributed by atoms with E-state index in [2.05, 4.69) is 5.32 Å². The van der Waals surface area contributed by atoms with E-state index in [9.17, 15) is 4.79 Å². The Balaban J connectivity index is 3.56. The molecule has 1 atom stereocenters. The summed E-state index contributed by atoms with van der Waals surface area (Å²) < 4.78 is 0. The fraction of sp³-hybridized carbons (Fsp3) is 0.900. The Bertz CT molecular complexity index is 151. The number of nitrogens with two attached hydrogens (primary N) is 1. The fourth-order valence-electron chi connectivity index (χ4n) is 1.26. The van der Waals surface area contributed by atoms with E-state index in [1.807, 2.05) is 6.92 Å². The maximum absolute atomic E-state index is 11.3. The van der Waals surface area contributed by atoms with E-state index in [0.29, 0.717) is 19.4 Å². The average molecular weight is 202 g/mol. The van der Waals surface area contributed by atoms with Gasteiger partial charge in [0.1, 0.15) is 0 Å². The van der Waals surface area contributed by atoms with Crippen molar-refractivity contribution in [3.05, 3.63) is 0 Å². The average Bonchev–Trinajstić information content (AvgIpc) is 2.17. The number of carbonyl (C=O) groups excluding carboxylic acids is 1. The summed E-state index contributed by atoms with van der Waals surface area (Å²) in [5.74, 6) is 0.0683. The molecule has 14 heavy (non-hydrogen) atoms. The van der Waals surface area contributed by atoms with Crippen LogP contribution in [0.25, 0.3) is 0 Å². The zero-order valence-electron chi connectivity index (χ0n) is 8.96. The van der Waals surface area contributed by atoms with Gasteiger partial charge >= 0.3 is 0 Å². The van der Waals surface area contributed by atoms with Gasteiger partial charge in [-0.25, -0.2) is 0 Å². The summed E-state index contributed by atoms with van der Waals surface area (Å²) in [6, 6.07) is 0.116. The van der Waals surface area contributed by atoms with Gasteiger partial charge in [-0.15, -0.1) is 0 Å². The number of hydrogen-bond acceptors (Lipinski definition) is 3. The summed E-state index contributed by atoms with van der Waals surface area (Å²) in [7, 11) is 0. The van der Waals surface area contributed by atoms with Crippen molar-refractivity contribution in [3.8, 4) is 0 Å². The molecule has 0 saturated carbocycles. The Kier molecular flexibility index (Phi) is 8.57. The fourth-order valence-corrected chi connectivity index (χ4v) is 1.26. The second-order valence-electron chi connectivity index (χ2n) is 3.43. The number of carbonyl (C=O) groups is 1. The summed E-state index contributed by atoms with van der Waals surface area (Å²) >= 11 is 0. The molecule has 0 aliphatic rings. The van der Waals surface area contributed by atoms with Gasteiger partial charge in [0.05, 0.1) is 0 Å². The smallest absolute Gasteiger partial charge is 0.220 e. The Morgan fingerprint density at radius 1 is 1.50 bits per heavy atom. The number of aliphatic hydroxyl groups is 1. The molecular weight excluding hydrogens is 180 g/mol. The number of hydrogen-bond donors (Lipinski definition) is 3. The molecule has 1 amide bonds. The normalized spacial score (nSPS) is 12.5. The first-order chi connectivity index (χ1) is 6.74. The second-order valence-corrected chi connectivity index (χ2v) is 3.43. The monoisotopic (exact) mass is 202 g/mol. The molecule has 4 nitrogen and oxygen atoms in total. The first kappa shape index (κ1) is 13.4. The lowest BCUT2D eigenvalue weighted by atomic mass is 10.1. The summed E-state index contributed by atoms with van der Waals surface area (Å²) in [6.07, 6.45) is 3.78. The Morgan fingerprint density at radius 3 is 2.71 bits per heavy atom. The van der Waals surface area contributed by atoms with Crippen LogP contribution in [-0.4, -0.2) is 30.2 Å². The zero-order chi connectivity index (χ0) is 10.8. The lowest BCUT2D eigenvalue weighted by Crippen LogP contribution is -2.34. The van der Waals surface area contributed by atoms with E-state index in [1.165, 1.54) is 0 Å². The van der Waals surface area contributed by atoms with Crippen LogP contribution in [0.3, 0.4) is 0 Å². The van der Waals surface area contributed by atoms with Crippen molar-refractivity contribution in [1.82, 2.24) is 5.32 Å². The number of unbranched alkanes of at least 4 members (excludes halogenated alkanes) is 1. The van der Waals surface area contributed by atoms with Crippen LogP contribution < -0.4 is 11.1 Å². The molecule has 84 valence electrons. The highest BCUT2D eigenvalue weighted by Crippen LogP contribution is 1.99. The van der Waals surface area contributed by atoms with Crippen molar-refractivity contribution in [2.24, 2.45) is 5.73 Å². The van der Waals surface area contributed by atoms with Crippen molar-refractivity contribution < 1.29 is 9.90 Å². The van der Waals surface area contributed by atoms with Crippen molar-refractivity contribution in [2.45, 2.75) is 45.1 Å². The minimum atomic E-state index is 0.0683. The van der Waals surface area contributed by atoms with Crippen LogP contribution in [-0.2, 0) is 4.79 Å². The SMILES string of the molecule is CCC(CCO)NC(=O)CCCCN. The molecule has 0 aliphatic carbocycles. The topological polar surface area (TPSA) is 75.3 Å². The van der Waals surface area contributed by atoms with Crippen LogP contribution >= 0.6 is 0 Å². The van der Waals surface area contributed by atoms with E-state index >= 15 is 0 Å². The molecule has 0 radical (unpaired) electrons. The zero-order valence-corrected chi connectivity index (χ0v) is 8.96. The van der Waals surface area contributed by atoms with E-state index in [1.54, 1.807) is 0 Å². The predicted molar refractivity (Wildman–Crippen MR) is 56.8 cm³/mol. The van der Waals surface area contributed by atoms with Gasteiger partial charge in [-0.3, -0.25) is 4.79 Å². The Labute approximate surface area is 85.9 Å². The molecule has 0 aromatic carbocycles. The molecule has 0 aromatic rings. The van der Waals surface area contributed by atoms with Crippen molar-refractivity contribution >= 4 is 5.91 Å². The molecule has 1 unspecified atom stereocenters. The molecule has 0 fully saturated rings. The highest BCUT2D eigenvalue weighted by Gasteiger charge is 2.08. The standard InChI is InChI=1S/C10H22N2O2/c1-2-9(6-8-13)12-10(14)5-3-4-7-11/h9,13H,2-8,11H2,1H3,(H,12,14). The van der Waals surface area contributed by atoms with Crippen LogP contribution in [0.15, 0.2) is 0 Å². The highest BCUT2D eigenvalue weighted by atomic mass is 16.3. The van der Waals surface area contributed by atoms with Gasteiger partial charge in [-0.05, 0) is 32.2 Å². The van der Waals surface area contributed by atoms with Crippen LogP contribution in [0.5, 0.6) is 0 Å². The molecule has 0 rings (SSSR count). The van der Waals surface area contributed by atoms with Gasteiger partial charge in [-0.1, -0.05) is 6.92 Å². The molecule has 0 heterocycles. The van der Waals surface area contributed by atoms with Crippen LogP contribution in [0.2, 0.25) is 0 Å². The maximum Gasteiger partial charge on any atom is 0.220 e. The van der Waals surface area contributed by atoms with Crippen molar-refractivity contribution in [3.63, 3.8) is 0 Å². The minimum Gasteiger partial charge on any atom is -0.396 e. The molecule has 0 saturated heterocycles. The van der Waals surface area contributed by atoms with Gasteiger partial charge in [0.2, 0.25) is 5.91 Å². The van der Waals surface area contributed by atoms with Gasteiger partial charge in [0, 0.05) is 19.1 Å². The first-order valence-electron chi connectivity index (χ1n) is 5.34.